The summed E-state index contributed by atoms with van der Waals surface area (Å²) < 4.78 is 11.9. The molecule has 1 aromatic carbocycles. The van der Waals surface area contributed by atoms with Gasteiger partial charge in [0, 0.05) is 8.95 Å². The summed E-state index contributed by atoms with van der Waals surface area (Å²) in [6.45, 7) is 4.29. The molecular weight excluding hydrogens is 378 g/mol. The highest BCUT2D eigenvalue weighted by Crippen LogP contribution is 2.29. The normalized spacial score (nSPS) is 12.3. The summed E-state index contributed by atoms with van der Waals surface area (Å²) in [4.78, 5) is 11.1. The molecule has 0 aliphatic carbocycles. The summed E-state index contributed by atoms with van der Waals surface area (Å²) in [5.41, 5.74) is 8.10. The molecule has 1 unspecified atom stereocenters. The fourth-order valence-electron chi connectivity index (χ4n) is 1.51. The number of benzene rings is 1. The summed E-state index contributed by atoms with van der Waals surface area (Å²) >= 11 is 6.95. The first-order valence-corrected chi connectivity index (χ1v) is 7.48. The van der Waals surface area contributed by atoms with E-state index in [1.54, 1.807) is 6.92 Å². The highest BCUT2D eigenvalue weighted by molar-refractivity contribution is 9.11. The van der Waals surface area contributed by atoms with E-state index in [4.69, 9.17) is 15.2 Å². The van der Waals surface area contributed by atoms with Crippen LogP contribution in [0.1, 0.15) is 24.1 Å². The molecule has 0 heterocycles. The molecule has 6 heteroatoms. The SMILES string of the molecule is CCOC(=O)COCC(N)c1cc(Br)c(C)cc1Br. The first-order chi connectivity index (χ1) is 8.95. The Balaban J connectivity index is 2.56. The topological polar surface area (TPSA) is 61.5 Å². The van der Waals surface area contributed by atoms with Gasteiger partial charge in [0.1, 0.15) is 6.61 Å². The zero-order valence-electron chi connectivity index (χ0n) is 10.9. The van der Waals surface area contributed by atoms with Gasteiger partial charge in [0.2, 0.25) is 0 Å². The Hall–Kier alpha value is -0.430. The molecule has 0 aromatic heterocycles. The fourth-order valence-corrected chi connectivity index (χ4v) is 2.62. The van der Waals surface area contributed by atoms with Crippen LogP contribution in [0.15, 0.2) is 21.1 Å². The number of carbonyl (C=O) groups is 1. The number of halogens is 2. The number of esters is 1. The van der Waals surface area contributed by atoms with Crippen LogP contribution < -0.4 is 5.73 Å². The van der Waals surface area contributed by atoms with Crippen molar-refractivity contribution in [1.82, 2.24) is 0 Å². The van der Waals surface area contributed by atoms with Crippen LogP contribution in [-0.4, -0.2) is 25.8 Å². The van der Waals surface area contributed by atoms with Gasteiger partial charge in [0.15, 0.2) is 0 Å². The van der Waals surface area contributed by atoms with Crippen LogP contribution >= 0.6 is 31.9 Å². The van der Waals surface area contributed by atoms with E-state index in [2.05, 4.69) is 31.9 Å². The van der Waals surface area contributed by atoms with Gasteiger partial charge in [-0.05, 0) is 37.1 Å². The molecule has 2 N–H and O–H groups in total. The van der Waals surface area contributed by atoms with Gasteiger partial charge in [-0.2, -0.15) is 0 Å². The minimum absolute atomic E-state index is 0.0772. The van der Waals surface area contributed by atoms with E-state index in [1.807, 2.05) is 19.1 Å². The standard InChI is InChI=1S/C13H17Br2NO3/c1-3-19-13(17)7-18-6-12(16)9-5-10(14)8(2)4-11(9)15/h4-5,12H,3,6-7,16H2,1-2H3. The van der Waals surface area contributed by atoms with Crippen molar-refractivity contribution >= 4 is 37.8 Å². The Morgan fingerprint density at radius 2 is 2.05 bits per heavy atom. The molecule has 1 rings (SSSR count). The van der Waals surface area contributed by atoms with E-state index < -0.39 is 0 Å². The van der Waals surface area contributed by atoms with E-state index >= 15 is 0 Å². The monoisotopic (exact) mass is 393 g/mol. The summed E-state index contributed by atoms with van der Waals surface area (Å²) in [6.07, 6.45) is 0. The maximum absolute atomic E-state index is 11.1. The number of ether oxygens (including phenoxy) is 2. The lowest BCUT2D eigenvalue weighted by Crippen LogP contribution is -2.21. The van der Waals surface area contributed by atoms with Crippen LogP contribution in [0, 0.1) is 6.92 Å². The zero-order valence-corrected chi connectivity index (χ0v) is 14.1. The van der Waals surface area contributed by atoms with Gasteiger partial charge in [-0.1, -0.05) is 31.9 Å². The Bertz CT molecular complexity index is 452. The third-order valence-corrected chi connectivity index (χ3v) is 4.04. The van der Waals surface area contributed by atoms with Crippen molar-refractivity contribution in [1.29, 1.82) is 0 Å². The van der Waals surface area contributed by atoms with Crippen LogP contribution in [0.2, 0.25) is 0 Å². The number of rotatable bonds is 6. The highest BCUT2D eigenvalue weighted by Gasteiger charge is 2.13. The first kappa shape index (κ1) is 16.6. The molecule has 0 bridgehead atoms. The van der Waals surface area contributed by atoms with Crippen molar-refractivity contribution < 1.29 is 14.3 Å². The second-order valence-corrected chi connectivity index (χ2v) is 5.76. The summed E-state index contributed by atoms with van der Waals surface area (Å²) in [5, 5.41) is 0. The van der Waals surface area contributed by atoms with Gasteiger partial charge in [-0.25, -0.2) is 4.79 Å². The maximum atomic E-state index is 11.1. The van der Waals surface area contributed by atoms with Crippen molar-refractivity contribution in [2.24, 2.45) is 5.73 Å². The second-order valence-electron chi connectivity index (χ2n) is 4.05. The molecule has 106 valence electrons. The predicted octanol–water partition coefficient (Wildman–Crippen LogP) is 3.10. The Morgan fingerprint density at radius 3 is 2.68 bits per heavy atom. The second kappa shape index (κ2) is 7.99. The molecule has 0 saturated carbocycles. The van der Waals surface area contributed by atoms with E-state index in [9.17, 15) is 4.79 Å². The number of aryl methyl sites for hydroxylation is 1. The molecule has 0 fully saturated rings. The summed E-state index contributed by atoms with van der Waals surface area (Å²) in [5.74, 6) is -0.376. The molecule has 1 atom stereocenters. The van der Waals surface area contributed by atoms with Gasteiger partial charge in [0.25, 0.3) is 0 Å². The lowest BCUT2D eigenvalue weighted by molar-refractivity contribution is -0.148. The van der Waals surface area contributed by atoms with Crippen molar-refractivity contribution in [3.05, 3.63) is 32.2 Å². The van der Waals surface area contributed by atoms with Gasteiger partial charge in [-0.15, -0.1) is 0 Å². The molecule has 0 saturated heterocycles. The Morgan fingerprint density at radius 1 is 1.37 bits per heavy atom. The van der Waals surface area contributed by atoms with Crippen molar-refractivity contribution in [3.63, 3.8) is 0 Å². The maximum Gasteiger partial charge on any atom is 0.332 e. The van der Waals surface area contributed by atoms with Crippen LogP contribution in [0.25, 0.3) is 0 Å². The van der Waals surface area contributed by atoms with Crippen LogP contribution in [-0.2, 0) is 14.3 Å². The summed E-state index contributed by atoms with van der Waals surface area (Å²) in [7, 11) is 0. The zero-order chi connectivity index (χ0) is 14.4. The predicted molar refractivity (Wildman–Crippen MR) is 81.0 cm³/mol. The van der Waals surface area contributed by atoms with Crippen LogP contribution in [0.4, 0.5) is 0 Å². The van der Waals surface area contributed by atoms with Crippen LogP contribution in [0.5, 0.6) is 0 Å². The molecule has 0 radical (unpaired) electrons. The lowest BCUT2D eigenvalue weighted by atomic mass is 10.1. The van der Waals surface area contributed by atoms with Gasteiger partial charge in [0.05, 0.1) is 19.3 Å². The fraction of sp³-hybridized carbons (Fsp3) is 0.462. The average Bonchev–Trinajstić information content (AvgIpc) is 2.34. The third kappa shape index (κ3) is 5.22. The molecule has 0 amide bonds. The van der Waals surface area contributed by atoms with E-state index in [-0.39, 0.29) is 25.2 Å². The molecule has 0 spiro atoms. The minimum Gasteiger partial charge on any atom is -0.464 e. The number of nitrogens with two attached hydrogens (primary N) is 1. The molecule has 4 nitrogen and oxygen atoms in total. The van der Waals surface area contributed by atoms with Crippen molar-refractivity contribution in [2.75, 3.05) is 19.8 Å². The van der Waals surface area contributed by atoms with Crippen LogP contribution in [0.3, 0.4) is 0 Å². The molecule has 19 heavy (non-hydrogen) atoms. The van der Waals surface area contributed by atoms with Gasteiger partial charge < -0.3 is 15.2 Å². The van der Waals surface area contributed by atoms with Crippen molar-refractivity contribution in [2.45, 2.75) is 19.9 Å². The van der Waals surface area contributed by atoms with E-state index in [1.165, 1.54) is 0 Å². The number of carbonyl (C=O) groups excluding carboxylic acids is 1. The lowest BCUT2D eigenvalue weighted by Gasteiger charge is -2.15. The summed E-state index contributed by atoms with van der Waals surface area (Å²) in [6, 6.07) is 3.64. The highest BCUT2D eigenvalue weighted by atomic mass is 79.9. The Kier molecular flexibility index (Phi) is 6.99. The average molecular weight is 395 g/mol. The Labute approximate surface area is 129 Å². The number of hydrogen-bond donors (Lipinski definition) is 1. The van der Waals surface area contributed by atoms with E-state index in [0.717, 1.165) is 20.1 Å². The molecule has 0 aliphatic rings. The number of hydrogen-bond acceptors (Lipinski definition) is 4. The van der Waals surface area contributed by atoms with Crippen molar-refractivity contribution in [3.8, 4) is 0 Å². The van der Waals surface area contributed by atoms with Gasteiger partial charge in [-0.3, -0.25) is 0 Å². The minimum atomic E-state index is -0.376. The third-order valence-electron chi connectivity index (χ3n) is 2.50. The smallest absolute Gasteiger partial charge is 0.332 e. The molecule has 1 aromatic rings. The molecule has 0 aliphatic heterocycles. The van der Waals surface area contributed by atoms with Gasteiger partial charge >= 0.3 is 5.97 Å². The quantitative estimate of drug-likeness (QED) is 0.753. The van der Waals surface area contributed by atoms with E-state index in [0.29, 0.717) is 6.61 Å². The molecular formula is C13H17Br2NO3. The first-order valence-electron chi connectivity index (χ1n) is 5.90. The largest absolute Gasteiger partial charge is 0.464 e.